The van der Waals surface area contributed by atoms with Crippen LogP contribution in [0.4, 0.5) is 5.82 Å². The first-order valence-electron chi connectivity index (χ1n) is 7.21. The fraction of sp³-hybridized carbons (Fsp3) is 0.375. The molecule has 0 amide bonds. The molecule has 20 heavy (non-hydrogen) atoms. The minimum Gasteiger partial charge on any atom is -0.352 e. The van der Waals surface area contributed by atoms with E-state index in [0.29, 0.717) is 0 Å². The van der Waals surface area contributed by atoms with Crippen LogP contribution in [0.25, 0.3) is 0 Å². The van der Waals surface area contributed by atoms with Crippen molar-refractivity contribution in [2.24, 2.45) is 0 Å². The number of aromatic nitrogens is 2. The summed E-state index contributed by atoms with van der Waals surface area (Å²) in [5, 5.41) is 3.42. The molecule has 104 valence electrons. The van der Waals surface area contributed by atoms with Gasteiger partial charge in [0.1, 0.15) is 12.1 Å². The molecule has 0 bridgehead atoms. The number of hydrogen-bond acceptors (Lipinski definition) is 4. The summed E-state index contributed by atoms with van der Waals surface area (Å²) in [7, 11) is 0. The highest BCUT2D eigenvalue weighted by atomic mass is 15.2. The number of anilines is 1. The van der Waals surface area contributed by atoms with Crippen molar-refractivity contribution in [3.63, 3.8) is 0 Å². The van der Waals surface area contributed by atoms with Crippen LogP contribution >= 0.6 is 0 Å². The van der Waals surface area contributed by atoms with Crippen LogP contribution in [0, 0.1) is 0 Å². The summed E-state index contributed by atoms with van der Waals surface area (Å²) in [4.78, 5) is 11.3. The average Bonchev–Trinajstić information content (AvgIpc) is 2.53. The van der Waals surface area contributed by atoms with Gasteiger partial charge in [-0.1, -0.05) is 30.3 Å². The Bertz CT molecular complexity index is 568. The van der Waals surface area contributed by atoms with Gasteiger partial charge in [0, 0.05) is 38.2 Å². The monoisotopic (exact) mass is 268 g/mol. The Balaban J connectivity index is 1.90. The molecule has 0 saturated heterocycles. The molecular weight excluding hydrogens is 248 g/mol. The summed E-state index contributed by atoms with van der Waals surface area (Å²) in [5.74, 6) is 1.08. The van der Waals surface area contributed by atoms with E-state index in [9.17, 15) is 0 Å². The third-order valence-corrected chi connectivity index (χ3v) is 3.75. The van der Waals surface area contributed by atoms with Crippen molar-refractivity contribution in [1.29, 1.82) is 0 Å². The Morgan fingerprint density at radius 1 is 1.20 bits per heavy atom. The van der Waals surface area contributed by atoms with Crippen molar-refractivity contribution < 1.29 is 0 Å². The van der Waals surface area contributed by atoms with E-state index < -0.39 is 0 Å². The van der Waals surface area contributed by atoms with E-state index in [1.165, 1.54) is 16.8 Å². The van der Waals surface area contributed by atoms with E-state index in [4.69, 9.17) is 0 Å². The SMILES string of the molecule is CCN(Cc1ccccc1)c1ncnc2c1CNCC2. The molecule has 0 fully saturated rings. The Kier molecular flexibility index (Phi) is 3.92. The maximum absolute atomic E-state index is 4.53. The first-order chi connectivity index (χ1) is 9.88. The highest BCUT2D eigenvalue weighted by Crippen LogP contribution is 2.23. The van der Waals surface area contributed by atoms with Gasteiger partial charge in [-0.05, 0) is 12.5 Å². The van der Waals surface area contributed by atoms with Gasteiger partial charge in [-0.25, -0.2) is 9.97 Å². The van der Waals surface area contributed by atoms with Crippen molar-refractivity contribution >= 4 is 5.82 Å². The molecule has 1 aromatic carbocycles. The fourth-order valence-corrected chi connectivity index (χ4v) is 2.67. The Labute approximate surface area is 119 Å². The normalized spacial score (nSPS) is 13.8. The standard InChI is InChI=1S/C16H20N4/c1-2-20(11-13-6-4-3-5-7-13)16-14-10-17-9-8-15(14)18-12-19-16/h3-7,12,17H,2,8-11H2,1H3. The van der Waals surface area contributed by atoms with Gasteiger partial charge in [0.05, 0.1) is 5.69 Å². The quantitative estimate of drug-likeness (QED) is 0.922. The predicted octanol–water partition coefficient (Wildman–Crippen LogP) is 2.15. The minimum atomic E-state index is 0.872. The van der Waals surface area contributed by atoms with Crippen LogP contribution in [0.1, 0.15) is 23.7 Å². The molecule has 0 spiro atoms. The predicted molar refractivity (Wildman–Crippen MR) is 80.6 cm³/mol. The van der Waals surface area contributed by atoms with Gasteiger partial charge in [-0.3, -0.25) is 0 Å². The summed E-state index contributed by atoms with van der Waals surface area (Å²) in [6, 6.07) is 10.5. The summed E-state index contributed by atoms with van der Waals surface area (Å²) < 4.78 is 0. The van der Waals surface area contributed by atoms with Crippen LogP contribution < -0.4 is 10.2 Å². The molecule has 4 heteroatoms. The molecule has 0 saturated carbocycles. The summed E-state index contributed by atoms with van der Waals surface area (Å²) in [5.41, 5.74) is 3.77. The van der Waals surface area contributed by atoms with Crippen LogP contribution in [-0.4, -0.2) is 23.1 Å². The zero-order valence-corrected chi connectivity index (χ0v) is 11.8. The van der Waals surface area contributed by atoms with E-state index in [1.807, 2.05) is 0 Å². The molecule has 0 unspecified atom stereocenters. The molecule has 0 aliphatic carbocycles. The molecule has 1 N–H and O–H groups in total. The highest BCUT2D eigenvalue weighted by Gasteiger charge is 2.18. The van der Waals surface area contributed by atoms with Crippen molar-refractivity contribution in [2.75, 3.05) is 18.0 Å². The first-order valence-corrected chi connectivity index (χ1v) is 7.21. The summed E-state index contributed by atoms with van der Waals surface area (Å²) in [6.07, 6.45) is 2.70. The number of nitrogens with one attached hydrogen (secondary N) is 1. The van der Waals surface area contributed by atoms with Crippen LogP contribution in [0.5, 0.6) is 0 Å². The largest absolute Gasteiger partial charge is 0.352 e. The molecule has 0 atom stereocenters. The lowest BCUT2D eigenvalue weighted by Gasteiger charge is -2.27. The summed E-state index contributed by atoms with van der Waals surface area (Å²) >= 11 is 0. The second kappa shape index (κ2) is 6.01. The Morgan fingerprint density at radius 2 is 2.05 bits per heavy atom. The van der Waals surface area contributed by atoms with Crippen LogP contribution in [0.15, 0.2) is 36.7 Å². The van der Waals surface area contributed by atoms with E-state index in [-0.39, 0.29) is 0 Å². The fourth-order valence-electron chi connectivity index (χ4n) is 2.67. The molecular formula is C16H20N4. The number of nitrogens with zero attached hydrogens (tertiary/aromatic N) is 3. The number of fused-ring (bicyclic) bond motifs is 1. The first kappa shape index (κ1) is 13.1. The van der Waals surface area contributed by atoms with E-state index in [0.717, 1.165) is 38.4 Å². The second-order valence-electron chi connectivity index (χ2n) is 5.05. The topological polar surface area (TPSA) is 41.1 Å². The Morgan fingerprint density at radius 3 is 2.85 bits per heavy atom. The van der Waals surface area contributed by atoms with Gasteiger partial charge >= 0.3 is 0 Å². The molecule has 1 aliphatic heterocycles. The second-order valence-corrected chi connectivity index (χ2v) is 5.05. The lowest BCUT2D eigenvalue weighted by Crippen LogP contribution is -2.30. The lowest BCUT2D eigenvalue weighted by atomic mass is 10.1. The highest BCUT2D eigenvalue weighted by molar-refractivity contribution is 5.49. The van der Waals surface area contributed by atoms with Crippen LogP contribution in [-0.2, 0) is 19.5 Å². The van der Waals surface area contributed by atoms with Crippen molar-refractivity contribution in [1.82, 2.24) is 15.3 Å². The molecule has 4 nitrogen and oxygen atoms in total. The van der Waals surface area contributed by atoms with Crippen LogP contribution in [0.3, 0.4) is 0 Å². The van der Waals surface area contributed by atoms with Gasteiger partial charge in [0.15, 0.2) is 0 Å². The van der Waals surface area contributed by atoms with Gasteiger partial charge in [0.2, 0.25) is 0 Å². The van der Waals surface area contributed by atoms with Crippen molar-refractivity contribution in [3.8, 4) is 0 Å². The third-order valence-electron chi connectivity index (χ3n) is 3.75. The minimum absolute atomic E-state index is 0.872. The summed E-state index contributed by atoms with van der Waals surface area (Å²) in [6.45, 7) is 5.89. The van der Waals surface area contributed by atoms with Gasteiger partial charge in [0.25, 0.3) is 0 Å². The number of rotatable bonds is 4. The molecule has 3 rings (SSSR count). The maximum Gasteiger partial charge on any atom is 0.137 e. The molecule has 1 aliphatic rings. The Hall–Kier alpha value is -1.94. The van der Waals surface area contributed by atoms with Crippen molar-refractivity contribution in [2.45, 2.75) is 26.4 Å². The molecule has 0 radical (unpaired) electrons. The van der Waals surface area contributed by atoms with E-state index in [1.54, 1.807) is 6.33 Å². The smallest absolute Gasteiger partial charge is 0.137 e. The number of benzene rings is 1. The number of hydrogen-bond donors (Lipinski definition) is 1. The van der Waals surface area contributed by atoms with Gasteiger partial charge in [-0.2, -0.15) is 0 Å². The zero-order valence-electron chi connectivity index (χ0n) is 11.8. The van der Waals surface area contributed by atoms with Gasteiger partial charge in [-0.15, -0.1) is 0 Å². The van der Waals surface area contributed by atoms with Crippen molar-refractivity contribution in [3.05, 3.63) is 53.5 Å². The van der Waals surface area contributed by atoms with Crippen LogP contribution in [0.2, 0.25) is 0 Å². The maximum atomic E-state index is 4.53. The van der Waals surface area contributed by atoms with Gasteiger partial charge < -0.3 is 10.2 Å². The zero-order chi connectivity index (χ0) is 13.8. The lowest BCUT2D eigenvalue weighted by molar-refractivity contribution is 0.620. The molecule has 2 aromatic rings. The third kappa shape index (κ3) is 2.65. The average molecular weight is 268 g/mol. The molecule has 1 aromatic heterocycles. The molecule has 2 heterocycles. The van der Waals surface area contributed by atoms with E-state index in [2.05, 4.69) is 57.4 Å². The van der Waals surface area contributed by atoms with E-state index >= 15 is 0 Å².